The van der Waals surface area contributed by atoms with Gasteiger partial charge in [0.1, 0.15) is 0 Å². The molecule has 322 valence electrons. The molecule has 0 atom stereocenters. The lowest BCUT2D eigenvalue weighted by molar-refractivity contribution is 0.0515. The molecule has 0 aromatic carbocycles. The third-order valence-electron chi connectivity index (χ3n) is 9.25. The van der Waals surface area contributed by atoms with Gasteiger partial charge >= 0.3 is 0 Å². The molecule has 0 radical (unpaired) electrons. The van der Waals surface area contributed by atoms with E-state index in [4.69, 9.17) is 42.4 Å². The van der Waals surface area contributed by atoms with Crippen molar-refractivity contribution in [2.75, 3.05) is 81.8 Å². The topological polar surface area (TPSA) is 178 Å². The van der Waals surface area contributed by atoms with Crippen molar-refractivity contribution < 1.29 is 25.2 Å². The van der Waals surface area contributed by atoms with Gasteiger partial charge in [-0.25, -0.2) is 0 Å². The molecule has 1 rings (SSSR count). The Bertz CT molecular complexity index is 784. The van der Waals surface area contributed by atoms with E-state index in [1.54, 1.807) is 13.8 Å². The van der Waals surface area contributed by atoms with Crippen molar-refractivity contribution in [1.29, 1.82) is 0 Å². The first-order valence-electron chi connectivity index (χ1n) is 18.8. The van der Waals surface area contributed by atoms with Gasteiger partial charge in [-0.05, 0) is 188 Å². The number of hydrogen-bond donors (Lipinski definition) is 7. The lowest BCUT2D eigenvalue weighted by Crippen LogP contribution is -2.39. The van der Waals surface area contributed by atoms with Crippen LogP contribution in [0.5, 0.6) is 0 Å². The molecule has 0 unspecified atom stereocenters. The molecular formula is C40H95ClN6O5. The van der Waals surface area contributed by atoms with E-state index in [1.807, 2.05) is 34.9 Å². The van der Waals surface area contributed by atoms with E-state index >= 15 is 0 Å². The predicted octanol–water partition coefficient (Wildman–Crippen LogP) is 5.45. The average molecular weight is 776 g/mol. The van der Waals surface area contributed by atoms with E-state index < -0.39 is 5.60 Å². The van der Waals surface area contributed by atoms with Crippen LogP contribution in [-0.2, 0) is 4.74 Å². The summed E-state index contributed by atoms with van der Waals surface area (Å²) in [4.78, 5) is 6.55. The summed E-state index contributed by atoms with van der Waals surface area (Å²) in [5, 5.41) is 34.0. The molecule has 0 aromatic heterocycles. The summed E-state index contributed by atoms with van der Waals surface area (Å²) in [5.41, 5.74) is 16.5. The summed E-state index contributed by atoms with van der Waals surface area (Å²) < 4.78 is 5.27. The molecular weight excluding hydrogens is 680 g/mol. The number of nitrogens with zero attached hydrogens (tertiary/aromatic N) is 3. The van der Waals surface area contributed by atoms with E-state index in [-0.39, 0.29) is 48.8 Å². The Hall–Kier alpha value is -0.570. The molecule has 0 aliphatic carbocycles. The van der Waals surface area contributed by atoms with Crippen LogP contribution in [0.1, 0.15) is 135 Å². The largest absolute Gasteiger partial charge is 0.499 e. The highest BCUT2D eigenvalue weighted by molar-refractivity contribution is 5.85. The number of hydrogen-bond acceptors (Lipinski definition) is 11. The normalized spacial score (nSPS) is 14.3. The Kier molecular flexibility index (Phi) is 38.5. The lowest BCUT2D eigenvalue weighted by atomic mass is 9.88. The summed E-state index contributed by atoms with van der Waals surface area (Å²) >= 11 is 0. The van der Waals surface area contributed by atoms with Gasteiger partial charge in [0.15, 0.2) is 0 Å². The van der Waals surface area contributed by atoms with Crippen LogP contribution in [0.15, 0.2) is 11.8 Å². The van der Waals surface area contributed by atoms with Crippen molar-refractivity contribution in [3.63, 3.8) is 0 Å². The maximum absolute atomic E-state index is 8.86. The second-order valence-electron chi connectivity index (χ2n) is 18.1. The van der Waals surface area contributed by atoms with Crippen molar-refractivity contribution in [2.24, 2.45) is 22.6 Å². The Balaban J connectivity index is -0.000000122. The van der Waals surface area contributed by atoms with E-state index in [1.165, 1.54) is 6.42 Å². The Morgan fingerprint density at radius 3 is 1.17 bits per heavy atom. The molecule has 0 bridgehead atoms. The highest BCUT2D eigenvalue weighted by Gasteiger charge is 2.21. The first-order chi connectivity index (χ1) is 22.7. The van der Waals surface area contributed by atoms with Crippen LogP contribution in [0, 0.1) is 5.41 Å². The van der Waals surface area contributed by atoms with Crippen molar-refractivity contribution in [1.82, 2.24) is 14.7 Å². The highest BCUT2D eigenvalue weighted by atomic mass is 35.5. The second-order valence-corrected chi connectivity index (χ2v) is 18.1. The van der Waals surface area contributed by atoms with Crippen LogP contribution < -0.4 is 17.2 Å². The Labute approximate surface area is 330 Å². The average Bonchev–Trinajstić information content (AvgIpc) is 2.91. The summed E-state index contributed by atoms with van der Waals surface area (Å²) in [6, 6.07) is 0. The van der Waals surface area contributed by atoms with Gasteiger partial charge in [0.05, 0.1) is 18.0 Å². The van der Waals surface area contributed by atoms with Crippen LogP contribution in [0.4, 0.5) is 0 Å². The van der Waals surface area contributed by atoms with Gasteiger partial charge in [-0.3, -0.25) is 0 Å². The van der Waals surface area contributed by atoms with Crippen LogP contribution in [0.25, 0.3) is 0 Å². The number of rotatable bonds is 14. The number of aliphatic hydroxyl groups excluding tert-OH is 3. The fraction of sp³-hybridized carbons (Fsp3) is 0.950. The molecule has 0 saturated heterocycles. The molecule has 0 aromatic rings. The summed E-state index contributed by atoms with van der Waals surface area (Å²) in [7, 11) is 12.4. The summed E-state index contributed by atoms with van der Waals surface area (Å²) in [6.07, 6.45) is 8.64. The van der Waals surface area contributed by atoms with E-state index in [9.17, 15) is 0 Å². The first-order valence-corrected chi connectivity index (χ1v) is 18.8. The first kappa shape index (κ1) is 63.4. The van der Waals surface area contributed by atoms with Gasteiger partial charge in [-0.1, -0.05) is 13.8 Å². The standard InChI is InChI=1S/C8H20N2.C8H14O.C7H18N2.C7H17NO.C5H13NO.C5H12O2.ClH/c1-8(2,10(3)4)6-5-7-9;1-7-6-8(2,3)4-5-9-7;1-7(2,5-6-8)9(3)4;1-7(2,5-6-9)8(3)4;1-5(2,6)3-4-7;1-5(2,7)3-4-6;/h5-7,9H2,1-4H3;6H,4-5H2,1-3H3;5-6,8H2,1-4H3;9H,5-6H2,1-4H3;7H,3-4,6H2,1-2H3;6-7H,3-4H2,1-2H3;1H. The van der Waals surface area contributed by atoms with Crippen molar-refractivity contribution in [2.45, 2.75) is 163 Å². The van der Waals surface area contributed by atoms with Crippen LogP contribution >= 0.6 is 12.4 Å². The van der Waals surface area contributed by atoms with Crippen molar-refractivity contribution >= 4 is 12.4 Å². The Morgan fingerprint density at radius 1 is 0.654 bits per heavy atom. The highest BCUT2D eigenvalue weighted by Crippen LogP contribution is 2.28. The van der Waals surface area contributed by atoms with Gasteiger partial charge in [0, 0.05) is 42.0 Å². The molecule has 10 N–H and O–H groups in total. The fourth-order valence-electron chi connectivity index (χ4n) is 3.53. The third-order valence-corrected chi connectivity index (χ3v) is 9.25. The van der Waals surface area contributed by atoms with E-state index in [2.05, 4.69) is 104 Å². The Morgan fingerprint density at radius 2 is 1.02 bits per heavy atom. The maximum Gasteiger partial charge on any atom is 0.0894 e. The monoisotopic (exact) mass is 775 g/mol. The van der Waals surface area contributed by atoms with Crippen LogP contribution in [-0.4, -0.2) is 145 Å². The maximum atomic E-state index is 8.86. The predicted molar refractivity (Wildman–Crippen MR) is 230 cm³/mol. The lowest BCUT2D eigenvalue weighted by Gasteiger charge is -2.32. The van der Waals surface area contributed by atoms with Gasteiger partial charge in [-0.2, -0.15) is 0 Å². The minimum atomic E-state index is -0.700. The molecule has 0 fully saturated rings. The zero-order valence-electron chi connectivity index (χ0n) is 37.9. The number of aliphatic hydroxyl groups is 4. The molecule has 0 saturated carbocycles. The number of ether oxygens (including phenoxy) is 1. The molecule has 12 heteroatoms. The molecule has 0 amide bonds. The zero-order chi connectivity index (χ0) is 41.9. The van der Waals surface area contributed by atoms with E-state index in [0.29, 0.717) is 23.8 Å². The minimum Gasteiger partial charge on any atom is -0.499 e. The minimum absolute atomic E-state index is 0. The molecule has 0 spiro atoms. The third kappa shape index (κ3) is 45.6. The number of allylic oxidation sites excluding steroid dienone is 2. The number of nitrogens with two attached hydrogens (primary N) is 3. The van der Waals surface area contributed by atoms with Gasteiger partial charge in [0.2, 0.25) is 0 Å². The molecule has 52 heavy (non-hydrogen) atoms. The molecule has 1 aliphatic rings. The zero-order valence-corrected chi connectivity index (χ0v) is 38.8. The summed E-state index contributed by atoms with van der Waals surface area (Å²) in [5.74, 6) is 1.08. The van der Waals surface area contributed by atoms with Gasteiger partial charge < -0.3 is 57.1 Å². The van der Waals surface area contributed by atoms with Crippen molar-refractivity contribution in [3.05, 3.63) is 11.8 Å². The van der Waals surface area contributed by atoms with Crippen molar-refractivity contribution in [3.8, 4) is 0 Å². The molecule has 1 heterocycles. The van der Waals surface area contributed by atoms with E-state index in [0.717, 1.165) is 51.1 Å². The summed E-state index contributed by atoms with van der Waals surface area (Å²) in [6.45, 7) is 29.7. The fourth-order valence-corrected chi connectivity index (χ4v) is 3.53. The molecule has 1 aliphatic heterocycles. The SMILES string of the molecule is CC(C)(N)CCO.CC(C)(O)CCO.CC1=CC(C)(C)CCO1.CN(C)C(C)(C)CCCN.CN(C)C(C)(C)CCN.CN(C)C(C)(C)CCO.Cl. The van der Waals surface area contributed by atoms with Crippen LogP contribution in [0.3, 0.4) is 0 Å². The van der Waals surface area contributed by atoms with Crippen LogP contribution in [0.2, 0.25) is 0 Å². The quantitative estimate of drug-likeness (QED) is 0.119. The number of halogens is 1. The smallest absolute Gasteiger partial charge is 0.0894 e. The molecule has 11 nitrogen and oxygen atoms in total. The second kappa shape index (κ2) is 31.6. The van der Waals surface area contributed by atoms with Gasteiger partial charge in [0.25, 0.3) is 0 Å². The van der Waals surface area contributed by atoms with Gasteiger partial charge in [-0.15, -0.1) is 12.4 Å².